The zero-order valence-corrected chi connectivity index (χ0v) is 9.44. The van der Waals surface area contributed by atoms with E-state index in [0.717, 1.165) is 0 Å². The van der Waals surface area contributed by atoms with Gasteiger partial charge in [-0.3, -0.25) is 0 Å². The number of ether oxygens (including phenoxy) is 1. The Kier molecular flexibility index (Phi) is 3.75. The highest BCUT2D eigenvalue weighted by Gasteiger charge is 2.11. The van der Waals surface area contributed by atoms with Gasteiger partial charge in [-0.2, -0.15) is 0 Å². The molecular formula is C10H17NOS. The van der Waals surface area contributed by atoms with Gasteiger partial charge in [0.25, 0.3) is 0 Å². The first-order valence-corrected chi connectivity index (χ1v) is 5.41. The number of methoxy groups -OCH3 is 1. The molecule has 0 aliphatic carbocycles. The van der Waals surface area contributed by atoms with E-state index in [-0.39, 0.29) is 6.10 Å². The molecule has 1 rings (SSSR count). The fourth-order valence-electron chi connectivity index (χ4n) is 1.08. The van der Waals surface area contributed by atoms with Crippen LogP contribution in [0.15, 0.2) is 10.8 Å². The van der Waals surface area contributed by atoms with E-state index in [1.807, 2.05) is 0 Å². The third-order valence-corrected chi connectivity index (χ3v) is 3.18. The van der Waals surface area contributed by atoms with E-state index in [0.29, 0.717) is 6.04 Å². The molecule has 1 aromatic heterocycles. The number of hydrogen-bond acceptors (Lipinski definition) is 3. The summed E-state index contributed by atoms with van der Waals surface area (Å²) in [7, 11) is 1.74. The standard InChI is InChI=1S/C10H17NOS/c1-7-5-13-6-10(7)11-8(2)9(3)12-4/h5-6,8-9,11H,1-4H3. The van der Waals surface area contributed by atoms with E-state index in [1.165, 1.54) is 11.3 Å². The molecule has 2 unspecified atom stereocenters. The van der Waals surface area contributed by atoms with Crippen LogP contribution in [0.5, 0.6) is 0 Å². The van der Waals surface area contributed by atoms with Crippen molar-refractivity contribution in [1.82, 2.24) is 0 Å². The smallest absolute Gasteiger partial charge is 0.0741 e. The predicted octanol–water partition coefficient (Wildman–Crippen LogP) is 2.89. The minimum Gasteiger partial charge on any atom is -0.380 e. The Balaban J connectivity index is 2.54. The average molecular weight is 199 g/mol. The second kappa shape index (κ2) is 4.63. The maximum Gasteiger partial charge on any atom is 0.0741 e. The average Bonchev–Trinajstić information content (AvgIpc) is 2.50. The molecule has 1 aromatic rings. The third kappa shape index (κ3) is 2.71. The first-order chi connectivity index (χ1) is 6.15. The zero-order chi connectivity index (χ0) is 9.84. The Morgan fingerprint density at radius 3 is 2.54 bits per heavy atom. The second-order valence-electron chi connectivity index (χ2n) is 3.34. The summed E-state index contributed by atoms with van der Waals surface area (Å²) in [6.07, 6.45) is 0.235. The summed E-state index contributed by atoms with van der Waals surface area (Å²) in [5, 5.41) is 7.70. The van der Waals surface area contributed by atoms with Crippen LogP contribution in [0, 0.1) is 6.92 Å². The highest BCUT2D eigenvalue weighted by Crippen LogP contribution is 2.20. The monoisotopic (exact) mass is 199 g/mol. The number of hydrogen-bond donors (Lipinski definition) is 1. The van der Waals surface area contributed by atoms with Crippen molar-refractivity contribution in [2.45, 2.75) is 32.9 Å². The fraction of sp³-hybridized carbons (Fsp3) is 0.600. The second-order valence-corrected chi connectivity index (χ2v) is 4.09. The van der Waals surface area contributed by atoms with Crippen molar-refractivity contribution in [2.24, 2.45) is 0 Å². The van der Waals surface area contributed by atoms with Gasteiger partial charge in [-0.05, 0) is 31.7 Å². The van der Waals surface area contributed by atoms with Crippen molar-refractivity contribution in [1.29, 1.82) is 0 Å². The van der Waals surface area contributed by atoms with Crippen molar-refractivity contribution in [3.8, 4) is 0 Å². The van der Waals surface area contributed by atoms with Gasteiger partial charge in [-0.15, -0.1) is 11.3 Å². The van der Waals surface area contributed by atoms with Crippen LogP contribution in [0.2, 0.25) is 0 Å². The first kappa shape index (κ1) is 10.5. The highest BCUT2D eigenvalue weighted by atomic mass is 32.1. The minimum atomic E-state index is 0.235. The molecule has 0 aromatic carbocycles. The van der Waals surface area contributed by atoms with Crippen LogP contribution < -0.4 is 5.32 Å². The molecule has 1 N–H and O–H groups in total. The third-order valence-electron chi connectivity index (χ3n) is 2.31. The molecule has 0 amide bonds. The van der Waals surface area contributed by atoms with E-state index in [9.17, 15) is 0 Å². The Labute approximate surface area is 83.9 Å². The lowest BCUT2D eigenvalue weighted by atomic mass is 10.2. The Hall–Kier alpha value is -0.540. The molecule has 2 atom stereocenters. The van der Waals surface area contributed by atoms with Gasteiger partial charge in [0.2, 0.25) is 0 Å². The van der Waals surface area contributed by atoms with Crippen molar-refractivity contribution in [3.05, 3.63) is 16.3 Å². The summed E-state index contributed by atoms with van der Waals surface area (Å²) in [6.45, 7) is 6.31. The van der Waals surface area contributed by atoms with Crippen molar-refractivity contribution in [3.63, 3.8) is 0 Å². The molecule has 0 radical (unpaired) electrons. The Morgan fingerprint density at radius 2 is 2.08 bits per heavy atom. The van der Waals surface area contributed by atoms with Crippen LogP contribution in [-0.2, 0) is 4.74 Å². The molecule has 0 bridgehead atoms. The van der Waals surface area contributed by atoms with Crippen LogP contribution >= 0.6 is 11.3 Å². The van der Waals surface area contributed by atoms with Gasteiger partial charge in [0.05, 0.1) is 6.10 Å². The van der Waals surface area contributed by atoms with E-state index in [2.05, 4.69) is 36.8 Å². The van der Waals surface area contributed by atoms with Crippen LogP contribution in [0.25, 0.3) is 0 Å². The van der Waals surface area contributed by atoms with Gasteiger partial charge >= 0.3 is 0 Å². The SMILES string of the molecule is COC(C)C(C)Nc1cscc1C. The number of aryl methyl sites for hydroxylation is 1. The molecule has 1 heterocycles. The number of nitrogens with one attached hydrogen (secondary N) is 1. The highest BCUT2D eigenvalue weighted by molar-refractivity contribution is 7.08. The molecule has 2 nitrogen and oxygen atoms in total. The largest absolute Gasteiger partial charge is 0.380 e. The maximum absolute atomic E-state index is 5.24. The van der Waals surface area contributed by atoms with Crippen molar-refractivity contribution >= 4 is 17.0 Å². The Bertz CT molecular complexity index is 259. The number of rotatable bonds is 4. The van der Waals surface area contributed by atoms with Crippen molar-refractivity contribution < 1.29 is 4.74 Å². The summed E-state index contributed by atoms with van der Waals surface area (Å²) in [5.41, 5.74) is 2.53. The van der Waals surface area contributed by atoms with Crippen LogP contribution in [0.1, 0.15) is 19.4 Å². The summed E-state index contributed by atoms with van der Waals surface area (Å²) in [6, 6.07) is 0.346. The Morgan fingerprint density at radius 1 is 1.38 bits per heavy atom. The molecule has 13 heavy (non-hydrogen) atoms. The summed E-state index contributed by atoms with van der Waals surface area (Å²) >= 11 is 1.72. The van der Waals surface area contributed by atoms with Gasteiger partial charge in [0.1, 0.15) is 0 Å². The number of anilines is 1. The minimum absolute atomic E-state index is 0.235. The topological polar surface area (TPSA) is 21.3 Å². The van der Waals surface area contributed by atoms with Gasteiger partial charge < -0.3 is 10.1 Å². The maximum atomic E-state index is 5.24. The molecule has 0 spiro atoms. The molecule has 3 heteroatoms. The van der Waals surface area contributed by atoms with E-state index in [1.54, 1.807) is 18.4 Å². The zero-order valence-electron chi connectivity index (χ0n) is 8.63. The van der Waals surface area contributed by atoms with Crippen molar-refractivity contribution in [2.75, 3.05) is 12.4 Å². The summed E-state index contributed by atoms with van der Waals surface area (Å²) in [5.74, 6) is 0. The molecule has 0 saturated carbocycles. The van der Waals surface area contributed by atoms with Crippen LogP contribution in [-0.4, -0.2) is 19.3 Å². The quantitative estimate of drug-likeness (QED) is 0.805. The van der Waals surface area contributed by atoms with Crippen LogP contribution in [0.3, 0.4) is 0 Å². The molecule has 0 aliphatic rings. The fourth-order valence-corrected chi connectivity index (χ4v) is 1.86. The lowest BCUT2D eigenvalue weighted by Crippen LogP contribution is -2.29. The predicted molar refractivity (Wildman–Crippen MR) is 58.6 cm³/mol. The molecule has 0 aliphatic heterocycles. The van der Waals surface area contributed by atoms with Gasteiger partial charge in [0.15, 0.2) is 0 Å². The van der Waals surface area contributed by atoms with E-state index >= 15 is 0 Å². The van der Waals surface area contributed by atoms with Gasteiger partial charge in [-0.25, -0.2) is 0 Å². The summed E-state index contributed by atoms with van der Waals surface area (Å²) < 4.78 is 5.24. The molecular weight excluding hydrogens is 182 g/mol. The molecule has 0 saturated heterocycles. The summed E-state index contributed by atoms with van der Waals surface area (Å²) in [4.78, 5) is 0. The van der Waals surface area contributed by atoms with E-state index < -0.39 is 0 Å². The van der Waals surface area contributed by atoms with Crippen LogP contribution in [0.4, 0.5) is 5.69 Å². The first-order valence-electron chi connectivity index (χ1n) is 4.47. The van der Waals surface area contributed by atoms with E-state index in [4.69, 9.17) is 4.74 Å². The lowest BCUT2D eigenvalue weighted by Gasteiger charge is -2.20. The number of thiophene rings is 1. The van der Waals surface area contributed by atoms with Gasteiger partial charge in [0, 0.05) is 24.2 Å². The lowest BCUT2D eigenvalue weighted by molar-refractivity contribution is 0.106. The normalized spacial score (nSPS) is 15.4. The molecule has 74 valence electrons. The van der Waals surface area contributed by atoms with Gasteiger partial charge in [-0.1, -0.05) is 0 Å². The molecule has 0 fully saturated rings.